The van der Waals surface area contributed by atoms with Crippen LogP contribution in [0.15, 0.2) is 246 Å². The average Bonchev–Trinajstić information content (AvgIpc) is 1.63. The number of thiophene rings is 4. The van der Waals surface area contributed by atoms with E-state index in [0.29, 0.717) is 166 Å². The number of benzene rings is 7. The predicted octanol–water partition coefficient (Wildman–Crippen LogP) is 20.8. The summed E-state index contributed by atoms with van der Waals surface area (Å²) < 4.78 is 43.4. The molecule has 656 valence electrons. The number of amides is 8. The maximum atomic E-state index is 12.8. The number of hydrogen-bond acceptors (Lipinski definition) is 23. The van der Waals surface area contributed by atoms with Gasteiger partial charge in [-0.15, -0.1) is 45.3 Å². The second kappa shape index (κ2) is 40.3. The Labute approximate surface area is 752 Å². The molecule has 0 atom stereocenters. The highest BCUT2D eigenvalue weighted by molar-refractivity contribution is 7.18. The third kappa shape index (κ3) is 21.4. The third-order valence-electron chi connectivity index (χ3n) is 21.7. The molecule has 15 aromatic rings. The number of morpholine rings is 3. The van der Waals surface area contributed by atoms with Crippen LogP contribution in [0.2, 0.25) is 0 Å². The second-order valence-corrected chi connectivity index (χ2v) is 34.8. The first-order valence-electron chi connectivity index (χ1n) is 41.9. The summed E-state index contributed by atoms with van der Waals surface area (Å²) in [5.74, 6) is 2.32. The highest BCUT2D eigenvalue weighted by Gasteiger charge is 2.26. The largest absolute Gasteiger partial charge is 0.439 e. The number of urea groups is 4. The topological polar surface area (TPSA) is 317 Å². The molecule has 4 aliphatic heterocycles. The Morgan fingerprint density at radius 2 is 0.594 bits per heavy atom. The van der Waals surface area contributed by atoms with Gasteiger partial charge in [0.15, 0.2) is 45.9 Å². The normalized spacial score (nSPS) is 13.9. The standard InChI is InChI=1S/C26H25N3O4S.2C25H23N3O4S.C21H23N3O3S/c1-16-6-7-17(2)21(12-16)28-26(31)27-19-5-3-4-18(13-19)20-15-34-25-22(30)14-23(33-24(20)25)29-8-10-32-11-9-29;2*1-16-4-2-6-18(12-16)26-25(30)27-19-7-3-5-17(13-19)20-15-33-24-21(29)14-22(32-23(20)24)28-8-10-31-11-9-28;1-23(2)21(26)22-15-8-6-7-14(11-15)16-13-28-20-17(25)12-18(27-19(16)20)24-9-4-3-5-10-24/h3-7,12-15H,8-11H2,1-2H3,(H2,27,28,31);2*2-7,12-15H,8-11H2,1H3,(H2,26,27,30);6-8,11-13H,3-5,9-10H2,1-2H3,(H,22,26). The molecule has 12 heterocycles. The molecule has 8 amide bonds. The Kier molecular flexibility index (Phi) is 27.7. The molecule has 27 nitrogen and oxygen atoms in total. The third-order valence-corrected chi connectivity index (χ3v) is 25.6. The van der Waals surface area contributed by atoms with Gasteiger partial charge in [-0.25, -0.2) is 19.2 Å². The Bertz CT molecular complexity index is 6630. The van der Waals surface area contributed by atoms with E-state index in [0.717, 1.165) is 110 Å². The average molecular weight is 1800 g/mol. The fourth-order valence-corrected chi connectivity index (χ4v) is 18.7. The number of nitrogens with zero attached hydrogens (tertiary/aromatic N) is 5. The molecule has 0 aliphatic carbocycles. The fraction of sp³-hybridized carbons (Fsp3) is 0.237. The smallest absolute Gasteiger partial charge is 0.323 e. The molecule has 0 bridgehead atoms. The Morgan fingerprint density at radius 1 is 0.312 bits per heavy atom. The van der Waals surface area contributed by atoms with Gasteiger partial charge >= 0.3 is 24.1 Å². The summed E-state index contributed by atoms with van der Waals surface area (Å²) in [7, 11) is 3.39. The molecular formula is C97H94N12O15S4. The summed E-state index contributed by atoms with van der Waals surface area (Å²) >= 11 is 5.49. The van der Waals surface area contributed by atoms with E-state index in [1.807, 2.05) is 228 Å². The van der Waals surface area contributed by atoms with Crippen LogP contribution in [0.4, 0.5) is 82.5 Å². The maximum Gasteiger partial charge on any atom is 0.323 e. The van der Waals surface area contributed by atoms with Crippen LogP contribution in [0.1, 0.15) is 41.5 Å². The number of carbonyl (C=O) groups is 4. The molecule has 19 rings (SSSR count). The molecule has 0 radical (unpaired) electrons. The Hall–Kier alpha value is -13.7. The molecule has 7 N–H and O–H groups in total. The minimum absolute atomic E-state index is 0.00450. The van der Waals surface area contributed by atoms with Crippen LogP contribution in [-0.4, -0.2) is 135 Å². The van der Waals surface area contributed by atoms with Crippen LogP contribution >= 0.6 is 45.3 Å². The first kappa shape index (κ1) is 87.8. The van der Waals surface area contributed by atoms with Crippen LogP contribution < -0.4 is 78.5 Å². The lowest BCUT2D eigenvalue weighted by Gasteiger charge is -2.27. The van der Waals surface area contributed by atoms with E-state index in [9.17, 15) is 38.4 Å². The monoisotopic (exact) mass is 1790 g/mol. The van der Waals surface area contributed by atoms with Crippen molar-refractivity contribution in [2.24, 2.45) is 0 Å². The molecule has 7 aromatic carbocycles. The molecule has 0 unspecified atom stereocenters. The van der Waals surface area contributed by atoms with E-state index in [2.05, 4.69) is 42.1 Å². The number of anilines is 11. The van der Waals surface area contributed by atoms with Crippen LogP contribution in [0.5, 0.6) is 0 Å². The lowest BCUT2D eigenvalue weighted by atomic mass is 10.1. The van der Waals surface area contributed by atoms with E-state index in [4.69, 9.17) is 31.9 Å². The van der Waals surface area contributed by atoms with Gasteiger partial charge < -0.3 is 93.6 Å². The molecule has 8 aromatic heterocycles. The second-order valence-electron chi connectivity index (χ2n) is 31.3. The number of fused-ring (bicyclic) bond motifs is 4. The fourth-order valence-electron chi connectivity index (χ4n) is 15.1. The lowest BCUT2D eigenvalue weighted by molar-refractivity contribution is 0.120. The van der Waals surface area contributed by atoms with Crippen molar-refractivity contribution >= 4 is 174 Å². The molecule has 4 saturated heterocycles. The Balaban J connectivity index is 0.000000126. The molecular weight excluding hydrogens is 1700 g/mol. The maximum absolute atomic E-state index is 12.8. The number of ether oxygens (including phenoxy) is 3. The van der Waals surface area contributed by atoms with E-state index in [1.165, 1.54) is 56.7 Å². The van der Waals surface area contributed by atoms with E-state index in [1.54, 1.807) is 38.4 Å². The molecule has 128 heavy (non-hydrogen) atoms. The van der Waals surface area contributed by atoms with Gasteiger partial charge in [0, 0.05) is 174 Å². The number of rotatable bonds is 15. The van der Waals surface area contributed by atoms with Crippen LogP contribution in [0, 0.1) is 27.7 Å². The Morgan fingerprint density at radius 3 is 0.906 bits per heavy atom. The summed E-state index contributed by atoms with van der Waals surface area (Å²) in [6, 6.07) is 56.4. The summed E-state index contributed by atoms with van der Waals surface area (Å²) in [6.45, 7) is 17.5. The summed E-state index contributed by atoms with van der Waals surface area (Å²) in [5, 5.41) is 27.8. The number of aryl methyl sites for hydroxylation is 4. The van der Waals surface area contributed by atoms with Crippen molar-refractivity contribution < 1.29 is 51.1 Å². The van der Waals surface area contributed by atoms with Crippen molar-refractivity contribution in [1.29, 1.82) is 0 Å². The molecule has 4 fully saturated rings. The van der Waals surface area contributed by atoms with Crippen molar-refractivity contribution in [3.63, 3.8) is 0 Å². The van der Waals surface area contributed by atoms with Gasteiger partial charge in [-0.2, -0.15) is 0 Å². The zero-order valence-electron chi connectivity index (χ0n) is 71.2. The summed E-state index contributed by atoms with van der Waals surface area (Å²) in [5.41, 5.74) is 18.0. The first-order chi connectivity index (χ1) is 62.1. The van der Waals surface area contributed by atoms with E-state index >= 15 is 0 Å². The number of nitrogens with one attached hydrogen (secondary N) is 7. The molecule has 4 aliphatic rings. The number of piperidine rings is 1. The first-order valence-corrected chi connectivity index (χ1v) is 45.4. The van der Waals surface area contributed by atoms with Gasteiger partial charge in [-0.1, -0.05) is 84.9 Å². The molecule has 0 saturated carbocycles. The minimum Gasteiger partial charge on any atom is -0.439 e. The SMILES string of the molecule is CN(C)C(=O)Nc1cccc(-c2csc3c(=O)cc(N4CCCCC4)oc23)c1.Cc1ccc(C)c(NC(=O)Nc2cccc(-c3csc4c(=O)cc(N5CCOCC5)oc34)c2)c1.Cc1cccc(NC(=O)Nc2cccc(-c3csc4c(=O)cc(N5CCOCC5)oc34)c2)c1.Cc1cccc(NC(=O)Nc2cccc(-c3csc4c(=O)cc(N5CCOCC5)oc34)c2)c1. The quantitative estimate of drug-likeness (QED) is 0.0501. The van der Waals surface area contributed by atoms with Gasteiger partial charge in [-0.05, 0) is 170 Å². The number of hydrogen-bond donors (Lipinski definition) is 7. The summed E-state index contributed by atoms with van der Waals surface area (Å²) in [6.07, 6.45) is 3.45. The van der Waals surface area contributed by atoms with Crippen molar-refractivity contribution in [2.45, 2.75) is 47.0 Å². The lowest BCUT2D eigenvalue weighted by Crippen LogP contribution is -2.36. The van der Waals surface area contributed by atoms with Crippen LogP contribution in [0.3, 0.4) is 0 Å². The van der Waals surface area contributed by atoms with Gasteiger partial charge in [0.2, 0.25) is 21.7 Å². The van der Waals surface area contributed by atoms with Crippen LogP contribution in [0.25, 0.3) is 85.6 Å². The van der Waals surface area contributed by atoms with Crippen molar-refractivity contribution in [3.8, 4) is 44.5 Å². The van der Waals surface area contributed by atoms with E-state index < -0.39 is 0 Å². The number of carbonyl (C=O) groups excluding carboxylic acids is 4. The highest BCUT2D eigenvalue weighted by Crippen LogP contribution is 2.41. The molecule has 0 spiro atoms. The highest BCUT2D eigenvalue weighted by atomic mass is 32.1. The van der Waals surface area contributed by atoms with Crippen LogP contribution in [-0.2, 0) is 14.2 Å². The van der Waals surface area contributed by atoms with E-state index in [-0.39, 0.29) is 45.8 Å². The van der Waals surface area contributed by atoms with Crippen molar-refractivity contribution in [3.05, 3.63) is 273 Å². The van der Waals surface area contributed by atoms with Crippen molar-refractivity contribution in [1.82, 2.24) is 4.90 Å². The summed E-state index contributed by atoms with van der Waals surface area (Å²) in [4.78, 5) is 110. The zero-order chi connectivity index (χ0) is 88.9. The molecule has 31 heteroatoms. The zero-order valence-corrected chi connectivity index (χ0v) is 74.5. The van der Waals surface area contributed by atoms with Gasteiger partial charge in [-0.3, -0.25) is 19.2 Å². The predicted molar refractivity (Wildman–Crippen MR) is 517 cm³/mol. The van der Waals surface area contributed by atoms with Gasteiger partial charge in [0.1, 0.15) is 18.8 Å². The van der Waals surface area contributed by atoms with Crippen molar-refractivity contribution in [2.75, 3.05) is 163 Å². The van der Waals surface area contributed by atoms with Gasteiger partial charge in [0.25, 0.3) is 0 Å². The van der Waals surface area contributed by atoms with Gasteiger partial charge in [0.05, 0.1) is 39.6 Å². The minimum atomic E-state index is -0.325.